The second-order valence-electron chi connectivity index (χ2n) is 14.4. The first-order valence-electron chi connectivity index (χ1n) is 19.0. The number of aromatic nitrogens is 3. The number of benzene rings is 7. The summed E-state index contributed by atoms with van der Waals surface area (Å²) < 4.78 is 12.4. The summed E-state index contributed by atoms with van der Waals surface area (Å²) in [6.07, 6.45) is 3.64. The number of pyridine rings is 1. The molecule has 11 aromatic rings. The summed E-state index contributed by atoms with van der Waals surface area (Å²) >= 11 is 0. The predicted octanol–water partition coefficient (Wildman–Crippen LogP) is 13.5. The topological polar surface area (TPSA) is 88.7 Å². The van der Waals surface area contributed by atoms with Crippen LogP contribution in [0.25, 0.3) is 111 Å². The maximum Gasteiger partial charge on any atom is 0.160 e. The Bertz CT molecular complexity index is 3260. The Hall–Kier alpha value is -8.14. The van der Waals surface area contributed by atoms with E-state index in [4.69, 9.17) is 18.8 Å². The molecule has 0 radical (unpaired) electrons. The lowest BCUT2D eigenvalue weighted by molar-refractivity contribution is 0.668. The summed E-state index contributed by atoms with van der Waals surface area (Å²) in [5, 5.41) is 13.8. The molecule has 4 aromatic heterocycles. The van der Waals surface area contributed by atoms with Crippen LogP contribution in [0.3, 0.4) is 0 Å². The smallest absolute Gasteiger partial charge is 0.160 e. The van der Waals surface area contributed by atoms with Gasteiger partial charge in [-0.15, -0.1) is 0 Å². The lowest BCUT2D eigenvalue weighted by Gasteiger charge is -2.13. The van der Waals surface area contributed by atoms with Gasteiger partial charge in [-0.05, 0) is 112 Å². The standard InChI is InChI=1S/C52H30N4O2/c53-30-32-11-13-34(14-12-32)46-29-47(35-17-15-33(16-18-35)38-6-5-23-54-31-38)56-52(55-46)41-25-39(36-19-21-50-44(27-36)42-7-1-3-9-48(42)57-50)24-40(26-41)37-20-22-51-45(28-37)43-8-2-4-10-49(43)58-51/h1-29,31H. The van der Waals surface area contributed by atoms with E-state index >= 15 is 0 Å². The average molecular weight is 743 g/mol. The van der Waals surface area contributed by atoms with Crippen molar-refractivity contribution in [1.82, 2.24) is 15.0 Å². The van der Waals surface area contributed by atoms with Gasteiger partial charge in [0, 0.05) is 50.6 Å². The van der Waals surface area contributed by atoms with E-state index in [9.17, 15) is 5.26 Å². The van der Waals surface area contributed by atoms with E-state index in [0.717, 1.165) is 105 Å². The van der Waals surface area contributed by atoms with Crippen molar-refractivity contribution in [3.8, 4) is 73.4 Å². The third-order valence-corrected chi connectivity index (χ3v) is 10.8. The van der Waals surface area contributed by atoms with Crippen molar-refractivity contribution in [1.29, 1.82) is 5.26 Å². The number of nitrogens with zero attached hydrogens (tertiary/aromatic N) is 4. The van der Waals surface area contributed by atoms with Crippen LogP contribution >= 0.6 is 0 Å². The van der Waals surface area contributed by atoms with E-state index in [1.165, 1.54) is 0 Å². The van der Waals surface area contributed by atoms with Crippen LogP contribution in [0, 0.1) is 11.3 Å². The quantitative estimate of drug-likeness (QED) is 0.168. The minimum Gasteiger partial charge on any atom is -0.456 e. The number of fused-ring (bicyclic) bond motifs is 6. The Morgan fingerprint density at radius 3 is 1.43 bits per heavy atom. The Labute approximate surface area is 333 Å². The summed E-state index contributed by atoms with van der Waals surface area (Å²) in [5.74, 6) is 0.584. The molecule has 0 aliphatic carbocycles. The van der Waals surface area contributed by atoms with Gasteiger partial charge in [0.2, 0.25) is 0 Å². The Morgan fingerprint density at radius 2 is 0.879 bits per heavy atom. The molecule has 11 rings (SSSR count). The molecule has 0 saturated carbocycles. The number of hydrogen-bond donors (Lipinski definition) is 0. The molecule has 270 valence electrons. The predicted molar refractivity (Wildman–Crippen MR) is 232 cm³/mol. The highest BCUT2D eigenvalue weighted by Gasteiger charge is 2.17. The second kappa shape index (κ2) is 13.6. The largest absolute Gasteiger partial charge is 0.456 e. The van der Waals surface area contributed by atoms with Gasteiger partial charge in [0.05, 0.1) is 23.0 Å². The zero-order valence-corrected chi connectivity index (χ0v) is 30.9. The van der Waals surface area contributed by atoms with Gasteiger partial charge in [-0.2, -0.15) is 5.26 Å². The van der Waals surface area contributed by atoms with Gasteiger partial charge in [-0.3, -0.25) is 4.98 Å². The van der Waals surface area contributed by atoms with Crippen molar-refractivity contribution in [3.63, 3.8) is 0 Å². The van der Waals surface area contributed by atoms with Crippen LogP contribution in [0.5, 0.6) is 0 Å². The SMILES string of the molecule is N#Cc1ccc(-c2cc(-c3ccc(-c4cccnc4)cc3)nc(-c3cc(-c4ccc5oc6ccccc6c5c4)cc(-c4ccc5oc6ccccc6c5c4)c3)n2)cc1. The van der Waals surface area contributed by atoms with Crippen LogP contribution in [0.1, 0.15) is 5.56 Å². The van der Waals surface area contributed by atoms with Gasteiger partial charge in [0.1, 0.15) is 22.3 Å². The first-order valence-corrected chi connectivity index (χ1v) is 19.0. The highest BCUT2D eigenvalue weighted by Crippen LogP contribution is 2.39. The molecule has 58 heavy (non-hydrogen) atoms. The number of rotatable bonds is 6. The van der Waals surface area contributed by atoms with E-state index in [0.29, 0.717) is 11.4 Å². The molecular formula is C52H30N4O2. The van der Waals surface area contributed by atoms with E-state index in [1.54, 1.807) is 6.20 Å². The van der Waals surface area contributed by atoms with Crippen LogP contribution in [0.4, 0.5) is 0 Å². The van der Waals surface area contributed by atoms with Crippen molar-refractivity contribution >= 4 is 43.9 Å². The number of nitriles is 1. The maximum absolute atomic E-state index is 9.54. The maximum atomic E-state index is 9.54. The molecule has 0 N–H and O–H groups in total. The minimum absolute atomic E-state index is 0.584. The Balaban J connectivity index is 1.12. The first kappa shape index (κ1) is 33.2. The van der Waals surface area contributed by atoms with Crippen molar-refractivity contribution in [2.75, 3.05) is 0 Å². The highest BCUT2D eigenvalue weighted by molar-refractivity contribution is 6.07. The molecule has 0 atom stereocenters. The molecule has 4 heterocycles. The lowest BCUT2D eigenvalue weighted by Crippen LogP contribution is -1.97. The van der Waals surface area contributed by atoms with Gasteiger partial charge in [-0.25, -0.2) is 9.97 Å². The lowest BCUT2D eigenvalue weighted by atomic mass is 9.94. The zero-order valence-electron chi connectivity index (χ0n) is 30.9. The third-order valence-electron chi connectivity index (χ3n) is 10.8. The molecule has 0 spiro atoms. The molecule has 0 aliphatic heterocycles. The molecule has 0 unspecified atom stereocenters. The van der Waals surface area contributed by atoms with Crippen molar-refractivity contribution in [2.24, 2.45) is 0 Å². The minimum atomic E-state index is 0.584. The highest BCUT2D eigenvalue weighted by atomic mass is 16.3. The van der Waals surface area contributed by atoms with Crippen molar-refractivity contribution in [3.05, 3.63) is 188 Å². The van der Waals surface area contributed by atoms with Gasteiger partial charge in [0.25, 0.3) is 0 Å². The summed E-state index contributed by atoms with van der Waals surface area (Å²) in [5.41, 5.74) is 14.5. The van der Waals surface area contributed by atoms with Crippen LogP contribution in [-0.2, 0) is 0 Å². The third kappa shape index (κ3) is 5.87. The van der Waals surface area contributed by atoms with Gasteiger partial charge in [-0.1, -0.05) is 91.0 Å². The monoisotopic (exact) mass is 742 g/mol. The van der Waals surface area contributed by atoms with E-state index in [2.05, 4.69) is 108 Å². The van der Waals surface area contributed by atoms with E-state index in [-0.39, 0.29) is 0 Å². The van der Waals surface area contributed by atoms with Crippen molar-refractivity contribution < 1.29 is 8.83 Å². The summed E-state index contributed by atoms with van der Waals surface area (Å²) in [6, 6.07) is 59.8. The summed E-state index contributed by atoms with van der Waals surface area (Å²) in [7, 11) is 0. The van der Waals surface area contributed by atoms with Crippen LogP contribution in [-0.4, -0.2) is 15.0 Å². The summed E-state index contributed by atoms with van der Waals surface area (Å²) in [6.45, 7) is 0. The molecule has 7 aromatic carbocycles. The molecule has 0 aliphatic rings. The van der Waals surface area contributed by atoms with Gasteiger partial charge in [0.15, 0.2) is 5.82 Å². The molecular weight excluding hydrogens is 713 g/mol. The fraction of sp³-hybridized carbons (Fsp3) is 0. The molecule has 0 saturated heterocycles. The van der Waals surface area contributed by atoms with Crippen LogP contribution in [0.2, 0.25) is 0 Å². The number of furan rings is 2. The number of para-hydroxylation sites is 2. The fourth-order valence-corrected chi connectivity index (χ4v) is 7.86. The number of hydrogen-bond acceptors (Lipinski definition) is 6. The van der Waals surface area contributed by atoms with Crippen LogP contribution < -0.4 is 0 Å². The van der Waals surface area contributed by atoms with Gasteiger partial charge < -0.3 is 8.83 Å². The Morgan fingerprint density at radius 1 is 0.379 bits per heavy atom. The average Bonchev–Trinajstić information content (AvgIpc) is 3.87. The molecule has 0 amide bonds. The van der Waals surface area contributed by atoms with E-state index < -0.39 is 0 Å². The normalized spacial score (nSPS) is 11.4. The molecule has 6 heteroatoms. The van der Waals surface area contributed by atoms with E-state index in [1.807, 2.05) is 79.0 Å². The molecule has 0 fully saturated rings. The Kier molecular flexibility index (Phi) is 7.76. The fourth-order valence-electron chi connectivity index (χ4n) is 7.86. The zero-order chi connectivity index (χ0) is 38.6. The first-order chi connectivity index (χ1) is 28.6. The van der Waals surface area contributed by atoms with Gasteiger partial charge >= 0.3 is 0 Å². The summed E-state index contributed by atoms with van der Waals surface area (Å²) in [4.78, 5) is 14.8. The van der Waals surface area contributed by atoms with Crippen LogP contribution in [0.15, 0.2) is 191 Å². The molecule has 6 nitrogen and oxygen atoms in total. The van der Waals surface area contributed by atoms with Crippen molar-refractivity contribution in [2.45, 2.75) is 0 Å². The molecule has 0 bridgehead atoms. The second-order valence-corrected chi connectivity index (χ2v) is 14.4.